The van der Waals surface area contributed by atoms with Crippen molar-refractivity contribution >= 4 is 39.0 Å². The predicted molar refractivity (Wildman–Crippen MR) is 248 cm³/mol. The number of anilines is 3. The molecule has 0 saturated heterocycles. The molecule has 1 heterocycles. The van der Waals surface area contributed by atoms with Crippen molar-refractivity contribution in [3.63, 3.8) is 0 Å². The Morgan fingerprint density at radius 3 is 1.50 bits per heavy atom. The summed E-state index contributed by atoms with van der Waals surface area (Å²) in [6, 6.07) is 74.3. The number of furan rings is 1. The van der Waals surface area contributed by atoms with E-state index >= 15 is 0 Å². The number of fused-ring (bicyclic) bond motifs is 16. The number of nitrogens with zero attached hydrogens (tertiary/aromatic N) is 1. The van der Waals surface area contributed by atoms with Gasteiger partial charge in [-0.1, -0.05) is 172 Å². The van der Waals surface area contributed by atoms with Gasteiger partial charge in [-0.3, -0.25) is 0 Å². The van der Waals surface area contributed by atoms with Crippen molar-refractivity contribution in [2.45, 2.75) is 24.7 Å². The highest BCUT2D eigenvalue weighted by atomic mass is 16.3. The highest BCUT2D eigenvalue weighted by molar-refractivity contribution is 6.07. The number of hydrogen-bond donors (Lipinski definition) is 0. The Balaban J connectivity index is 1.10. The molecule has 0 aliphatic heterocycles. The Kier molecular flexibility index (Phi) is 6.74. The SMILES string of the molecule is CC1(C)c2ccccc2-c2cccc(-c3ccccc3N(c3ccc4c(c3)C3(c5ccccc5-c5ccccc53)c3ccccc3-4)c3ccc4oc5ccccc5c4c3)c21. The number of para-hydroxylation sites is 2. The fourth-order valence-electron chi connectivity index (χ4n) is 11.5. The quantitative estimate of drug-likeness (QED) is 0.177. The molecule has 1 aromatic heterocycles. The Morgan fingerprint density at radius 1 is 0.350 bits per heavy atom. The molecule has 282 valence electrons. The van der Waals surface area contributed by atoms with E-state index in [-0.39, 0.29) is 5.41 Å². The summed E-state index contributed by atoms with van der Waals surface area (Å²) < 4.78 is 6.40. The highest BCUT2D eigenvalue weighted by Crippen LogP contribution is 2.63. The van der Waals surface area contributed by atoms with E-state index in [1.165, 1.54) is 77.9 Å². The maximum Gasteiger partial charge on any atom is 0.135 e. The predicted octanol–water partition coefficient (Wildman–Crippen LogP) is 15.4. The molecule has 1 spiro atoms. The zero-order valence-electron chi connectivity index (χ0n) is 33.4. The summed E-state index contributed by atoms with van der Waals surface area (Å²) >= 11 is 0. The van der Waals surface area contributed by atoms with Crippen LogP contribution in [0.5, 0.6) is 0 Å². The molecule has 0 radical (unpaired) electrons. The zero-order chi connectivity index (χ0) is 39.7. The lowest BCUT2D eigenvalue weighted by atomic mass is 9.70. The van der Waals surface area contributed by atoms with Gasteiger partial charge in [-0.15, -0.1) is 0 Å². The molecule has 0 unspecified atom stereocenters. The third kappa shape index (κ3) is 4.27. The molecule has 10 aromatic rings. The van der Waals surface area contributed by atoms with Crippen LogP contribution in [0.4, 0.5) is 17.1 Å². The van der Waals surface area contributed by atoms with Gasteiger partial charge in [0.15, 0.2) is 0 Å². The van der Waals surface area contributed by atoms with Crippen molar-refractivity contribution in [3.8, 4) is 44.5 Å². The summed E-state index contributed by atoms with van der Waals surface area (Å²) in [5.41, 5.74) is 22.8. The van der Waals surface area contributed by atoms with E-state index in [0.717, 1.165) is 39.0 Å². The van der Waals surface area contributed by atoms with Crippen molar-refractivity contribution < 1.29 is 4.42 Å². The minimum Gasteiger partial charge on any atom is -0.456 e. The summed E-state index contributed by atoms with van der Waals surface area (Å²) in [6.07, 6.45) is 0. The van der Waals surface area contributed by atoms with Gasteiger partial charge in [-0.2, -0.15) is 0 Å². The Bertz CT molecular complexity index is 3370. The van der Waals surface area contributed by atoms with Crippen molar-refractivity contribution in [2.24, 2.45) is 0 Å². The molecular weight excluding hydrogens is 727 g/mol. The summed E-state index contributed by atoms with van der Waals surface area (Å²) in [5, 5.41) is 2.22. The van der Waals surface area contributed by atoms with Crippen molar-refractivity contribution in [1.82, 2.24) is 0 Å². The van der Waals surface area contributed by atoms with Gasteiger partial charge in [-0.25, -0.2) is 0 Å². The van der Waals surface area contributed by atoms with Gasteiger partial charge in [0, 0.05) is 33.1 Å². The topological polar surface area (TPSA) is 16.4 Å². The van der Waals surface area contributed by atoms with E-state index in [4.69, 9.17) is 4.42 Å². The van der Waals surface area contributed by atoms with E-state index in [0.29, 0.717) is 0 Å². The zero-order valence-corrected chi connectivity index (χ0v) is 33.4. The summed E-state index contributed by atoms with van der Waals surface area (Å²) in [7, 11) is 0. The molecule has 2 heteroatoms. The molecule has 60 heavy (non-hydrogen) atoms. The maximum absolute atomic E-state index is 6.40. The normalized spacial score (nSPS) is 14.4. The van der Waals surface area contributed by atoms with Crippen molar-refractivity contribution in [1.29, 1.82) is 0 Å². The van der Waals surface area contributed by atoms with E-state index < -0.39 is 5.41 Å². The molecule has 0 fully saturated rings. The molecular formula is C58H39NO. The smallest absolute Gasteiger partial charge is 0.135 e. The van der Waals surface area contributed by atoms with Crippen LogP contribution in [-0.4, -0.2) is 0 Å². The van der Waals surface area contributed by atoms with Gasteiger partial charge in [0.05, 0.1) is 11.1 Å². The average molecular weight is 766 g/mol. The molecule has 3 aliphatic carbocycles. The lowest BCUT2D eigenvalue weighted by Crippen LogP contribution is -2.26. The molecule has 3 aliphatic rings. The third-order valence-corrected chi connectivity index (χ3v) is 13.9. The number of benzene rings is 9. The number of hydrogen-bond acceptors (Lipinski definition) is 2. The van der Waals surface area contributed by atoms with Crippen molar-refractivity contribution in [3.05, 3.63) is 234 Å². The van der Waals surface area contributed by atoms with Crippen LogP contribution < -0.4 is 4.90 Å². The molecule has 2 nitrogen and oxygen atoms in total. The maximum atomic E-state index is 6.40. The minimum absolute atomic E-state index is 0.177. The van der Waals surface area contributed by atoms with Gasteiger partial charge in [0.25, 0.3) is 0 Å². The van der Waals surface area contributed by atoms with Gasteiger partial charge < -0.3 is 9.32 Å². The first kappa shape index (κ1) is 33.5. The van der Waals surface area contributed by atoms with Crippen LogP contribution in [0.3, 0.4) is 0 Å². The molecule has 0 amide bonds. The van der Waals surface area contributed by atoms with Crippen LogP contribution in [0.25, 0.3) is 66.4 Å². The second-order valence-corrected chi connectivity index (χ2v) is 17.1. The average Bonchev–Trinajstić information content (AvgIpc) is 3.99. The third-order valence-electron chi connectivity index (χ3n) is 13.9. The summed E-state index contributed by atoms with van der Waals surface area (Å²) in [6.45, 7) is 4.77. The van der Waals surface area contributed by atoms with Crippen molar-refractivity contribution in [2.75, 3.05) is 4.90 Å². The van der Waals surface area contributed by atoms with Crippen LogP contribution in [0.1, 0.15) is 47.2 Å². The fourth-order valence-corrected chi connectivity index (χ4v) is 11.5. The molecule has 9 aromatic carbocycles. The monoisotopic (exact) mass is 765 g/mol. The lowest BCUT2D eigenvalue weighted by molar-refractivity contribution is 0.662. The second-order valence-electron chi connectivity index (χ2n) is 17.1. The van der Waals surface area contributed by atoms with E-state index in [1.54, 1.807) is 0 Å². The molecule has 0 N–H and O–H groups in total. The largest absolute Gasteiger partial charge is 0.456 e. The van der Waals surface area contributed by atoms with E-state index in [1.807, 2.05) is 6.07 Å². The first-order valence-electron chi connectivity index (χ1n) is 21.0. The first-order valence-corrected chi connectivity index (χ1v) is 21.0. The second kappa shape index (κ2) is 12.1. The fraction of sp³-hybridized carbons (Fsp3) is 0.0690. The van der Waals surface area contributed by atoms with E-state index in [9.17, 15) is 0 Å². The molecule has 0 bridgehead atoms. The van der Waals surface area contributed by atoms with Gasteiger partial charge >= 0.3 is 0 Å². The Morgan fingerprint density at radius 2 is 0.817 bits per heavy atom. The van der Waals surface area contributed by atoms with Gasteiger partial charge in [-0.05, 0) is 115 Å². The summed E-state index contributed by atoms with van der Waals surface area (Å²) in [4.78, 5) is 2.49. The Labute approximate surface area is 349 Å². The number of rotatable bonds is 4. The standard InChI is InChI=1S/C58H39NO/c1-57(2)48-24-9-3-19-41(48)45-22-15-23-46(56(45)57)43-20-7-13-28-53(43)59(36-31-33-55-47(34-36)44-21-8-14-29-54(44)60-55)37-30-32-42-40-18-6-12-27-51(40)58(52(42)35-37)49-25-10-4-16-38(49)39-17-5-11-26-50(39)58/h3-35H,1-2H3. The van der Waals surface area contributed by atoms with Crippen LogP contribution in [0.15, 0.2) is 205 Å². The summed E-state index contributed by atoms with van der Waals surface area (Å²) in [5.74, 6) is 0. The first-order chi connectivity index (χ1) is 29.5. The molecule has 13 rings (SSSR count). The van der Waals surface area contributed by atoms with Gasteiger partial charge in [0.1, 0.15) is 11.2 Å². The molecule has 0 saturated carbocycles. The lowest BCUT2D eigenvalue weighted by Gasteiger charge is -2.33. The van der Waals surface area contributed by atoms with Crippen LogP contribution in [-0.2, 0) is 10.8 Å². The van der Waals surface area contributed by atoms with Crippen LogP contribution >= 0.6 is 0 Å². The van der Waals surface area contributed by atoms with E-state index in [2.05, 4.69) is 213 Å². The Hall–Kier alpha value is -7.42. The van der Waals surface area contributed by atoms with Gasteiger partial charge in [0.2, 0.25) is 0 Å². The minimum atomic E-state index is -0.457. The van der Waals surface area contributed by atoms with Crippen LogP contribution in [0.2, 0.25) is 0 Å². The van der Waals surface area contributed by atoms with Crippen LogP contribution in [0, 0.1) is 0 Å². The highest BCUT2D eigenvalue weighted by Gasteiger charge is 2.51. The molecule has 0 atom stereocenters.